The molecule has 2 heterocycles. The summed E-state index contributed by atoms with van der Waals surface area (Å²) in [5.74, 6) is -0.965. The van der Waals surface area contributed by atoms with Crippen LogP contribution in [-0.4, -0.2) is 142 Å². The van der Waals surface area contributed by atoms with Crippen LogP contribution < -0.4 is 0 Å². The molecule has 0 aromatic rings. The van der Waals surface area contributed by atoms with E-state index < -0.39 is 99.3 Å². The number of aliphatic hydroxyl groups excluding tert-OH is 7. The van der Waals surface area contributed by atoms with E-state index in [0.29, 0.717) is 12.8 Å². The number of allylic oxidation sites excluding steroid dienone is 5. The molecule has 0 amide bonds. The van der Waals surface area contributed by atoms with E-state index in [1.165, 1.54) is 0 Å². The van der Waals surface area contributed by atoms with E-state index in [0.717, 1.165) is 77.0 Å². The number of unbranched alkanes of at least 4 members (excludes halogenated alkanes) is 10. The molecule has 2 aliphatic rings. The van der Waals surface area contributed by atoms with E-state index in [-0.39, 0.29) is 19.4 Å². The van der Waals surface area contributed by atoms with E-state index in [2.05, 4.69) is 37.8 Å². The topological polar surface area (TPSA) is 231 Å². The lowest BCUT2D eigenvalue weighted by atomic mass is 9.98. The summed E-state index contributed by atoms with van der Waals surface area (Å²) in [4.78, 5) is 25.3. The molecule has 0 aliphatic carbocycles. The smallest absolute Gasteiger partial charge is 0.306 e. The van der Waals surface area contributed by atoms with Crippen LogP contribution in [0.25, 0.3) is 0 Å². The monoisotopic (exact) mass is 788 g/mol. The van der Waals surface area contributed by atoms with Crippen molar-refractivity contribution in [2.75, 3.05) is 26.4 Å². The van der Waals surface area contributed by atoms with Gasteiger partial charge in [-0.15, -0.1) is 6.58 Å². The van der Waals surface area contributed by atoms with E-state index in [1.807, 2.05) is 6.08 Å². The minimum atomic E-state index is -1.76. The van der Waals surface area contributed by atoms with E-state index in [9.17, 15) is 45.3 Å². The highest BCUT2D eigenvalue weighted by Crippen LogP contribution is 2.26. The summed E-state index contributed by atoms with van der Waals surface area (Å²) < 4.78 is 33.2. The van der Waals surface area contributed by atoms with Crippen molar-refractivity contribution in [1.82, 2.24) is 0 Å². The van der Waals surface area contributed by atoms with Crippen molar-refractivity contribution in [3.63, 3.8) is 0 Å². The van der Waals surface area contributed by atoms with Crippen molar-refractivity contribution in [2.24, 2.45) is 0 Å². The lowest BCUT2D eigenvalue weighted by Gasteiger charge is -2.42. The first-order valence-corrected chi connectivity index (χ1v) is 20.0. The molecule has 2 rings (SSSR count). The van der Waals surface area contributed by atoms with Crippen molar-refractivity contribution >= 4 is 11.9 Å². The number of hydrogen-bond acceptors (Lipinski definition) is 15. The fourth-order valence-electron chi connectivity index (χ4n) is 6.10. The van der Waals surface area contributed by atoms with Gasteiger partial charge in [-0.1, -0.05) is 88.7 Å². The number of carbonyl (C=O) groups is 2. The highest BCUT2D eigenvalue weighted by molar-refractivity contribution is 5.70. The van der Waals surface area contributed by atoms with Gasteiger partial charge in [-0.2, -0.15) is 0 Å². The molecule has 15 nitrogen and oxygen atoms in total. The molecule has 15 heteroatoms. The Labute approximate surface area is 325 Å². The fourth-order valence-corrected chi connectivity index (χ4v) is 6.10. The minimum absolute atomic E-state index is 0.143. The SMILES string of the molecule is C=CC/C=C/C/C=C/CCCCCCCC(=O)O[C@H](COC(=O)CCCCCCCC)CO[C@@H]1O[C@H](CO[C@H]2O[C@H](CO)[C@H](O)[C@H](O)[C@H]2O)[C@H](O)[C@H](O)[C@H]1O. The minimum Gasteiger partial charge on any atom is -0.462 e. The molecule has 55 heavy (non-hydrogen) atoms. The zero-order valence-electron chi connectivity index (χ0n) is 32.5. The van der Waals surface area contributed by atoms with Gasteiger partial charge >= 0.3 is 11.9 Å². The van der Waals surface area contributed by atoms with Gasteiger partial charge in [-0.25, -0.2) is 0 Å². The second kappa shape index (κ2) is 29.0. The summed E-state index contributed by atoms with van der Waals surface area (Å²) in [6.07, 6.45) is 7.06. The first-order valence-electron chi connectivity index (χ1n) is 20.0. The predicted octanol–water partition coefficient (Wildman–Crippen LogP) is 2.64. The van der Waals surface area contributed by atoms with Crippen LogP contribution in [0.2, 0.25) is 0 Å². The number of rotatable bonds is 29. The van der Waals surface area contributed by atoms with Crippen LogP contribution in [0.4, 0.5) is 0 Å². The molecule has 7 N–H and O–H groups in total. The molecule has 0 saturated carbocycles. The zero-order valence-corrected chi connectivity index (χ0v) is 32.5. The van der Waals surface area contributed by atoms with Crippen molar-refractivity contribution in [3.05, 3.63) is 37.0 Å². The van der Waals surface area contributed by atoms with Crippen molar-refractivity contribution in [1.29, 1.82) is 0 Å². The van der Waals surface area contributed by atoms with Gasteiger partial charge < -0.3 is 64.2 Å². The lowest BCUT2D eigenvalue weighted by molar-refractivity contribution is -0.332. The summed E-state index contributed by atoms with van der Waals surface area (Å²) in [6, 6.07) is 0. The van der Waals surface area contributed by atoms with Gasteiger partial charge in [0.25, 0.3) is 0 Å². The van der Waals surface area contributed by atoms with Gasteiger partial charge in [-0.05, 0) is 38.5 Å². The average Bonchev–Trinajstić information content (AvgIpc) is 3.18. The van der Waals surface area contributed by atoms with Crippen LogP contribution in [0.1, 0.15) is 110 Å². The molecule has 2 saturated heterocycles. The largest absolute Gasteiger partial charge is 0.462 e. The van der Waals surface area contributed by atoms with Crippen LogP contribution in [0.3, 0.4) is 0 Å². The Morgan fingerprint density at radius 1 is 0.636 bits per heavy atom. The maximum absolute atomic E-state index is 12.8. The van der Waals surface area contributed by atoms with Crippen molar-refractivity contribution < 1.29 is 73.8 Å². The van der Waals surface area contributed by atoms with Gasteiger partial charge in [0.05, 0.1) is 19.8 Å². The molecule has 0 unspecified atom stereocenters. The summed E-state index contributed by atoms with van der Waals surface area (Å²) in [6.45, 7) is 3.91. The Kier molecular flexibility index (Phi) is 25.8. The summed E-state index contributed by atoms with van der Waals surface area (Å²) >= 11 is 0. The third-order valence-corrected chi connectivity index (χ3v) is 9.51. The second-order valence-corrected chi connectivity index (χ2v) is 14.2. The Morgan fingerprint density at radius 2 is 1.18 bits per heavy atom. The quantitative estimate of drug-likeness (QED) is 0.0328. The standard InChI is InChI=1S/C40H68O15/c1-3-5-7-9-11-12-13-14-15-16-17-19-21-23-32(43)53-28(25-50-31(42)22-20-18-10-8-6-4-2)26-51-39-38(49)36(47)34(45)30(55-39)27-52-40-37(48)35(46)33(44)29(24-41)54-40/h3,7,9,12-13,28-30,33-41,44-49H,1,4-6,8,10-11,14-27H2,2H3/b9-7+,13-12+/t28-,29-,30-,33+,34+,35+,36+,37-,38-,39-,40+/m1/s1. The molecule has 2 aliphatic heterocycles. The van der Waals surface area contributed by atoms with E-state index >= 15 is 0 Å². The first-order chi connectivity index (χ1) is 26.5. The number of carbonyl (C=O) groups excluding carboxylic acids is 2. The Hall–Kier alpha value is -2.28. The Morgan fingerprint density at radius 3 is 1.84 bits per heavy atom. The molecule has 0 radical (unpaired) electrons. The highest BCUT2D eigenvalue weighted by Gasteiger charge is 2.47. The average molecular weight is 789 g/mol. The van der Waals surface area contributed by atoms with E-state index in [4.69, 9.17) is 28.4 Å². The molecule has 2 fully saturated rings. The Balaban J connectivity index is 1.89. The maximum atomic E-state index is 12.8. The van der Waals surface area contributed by atoms with Crippen LogP contribution >= 0.6 is 0 Å². The molecule has 0 aromatic heterocycles. The highest BCUT2D eigenvalue weighted by atomic mass is 16.7. The van der Waals surface area contributed by atoms with Crippen LogP contribution in [0, 0.1) is 0 Å². The number of ether oxygens (including phenoxy) is 6. The van der Waals surface area contributed by atoms with Gasteiger partial charge in [0, 0.05) is 12.8 Å². The molecule has 0 bridgehead atoms. The van der Waals surface area contributed by atoms with Crippen LogP contribution in [-0.2, 0) is 38.0 Å². The van der Waals surface area contributed by atoms with Crippen molar-refractivity contribution in [3.8, 4) is 0 Å². The first kappa shape index (κ1) is 48.9. The number of hydrogen-bond donors (Lipinski definition) is 7. The van der Waals surface area contributed by atoms with Gasteiger partial charge in [0.15, 0.2) is 18.7 Å². The normalized spacial score (nSPS) is 29.1. The molecule has 318 valence electrons. The van der Waals surface area contributed by atoms with Crippen molar-refractivity contribution in [2.45, 2.75) is 177 Å². The van der Waals surface area contributed by atoms with Crippen LogP contribution in [0.5, 0.6) is 0 Å². The molecule has 0 spiro atoms. The maximum Gasteiger partial charge on any atom is 0.306 e. The van der Waals surface area contributed by atoms with Gasteiger partial charge in [-0.3, -0.25) is 9.59 Å². The van der Waals surface area contributed by atoms with Gasteiger partial charge in [0.1, 0.15) is 55.4 Å². The van der Waals surface area contributed by atoms with Crippen LogP contribution in [0.15, 0.2) is 37.0 Å². The summed E-state index contributed by atoms with van der Waals surface area (Å²) in [5, 5.41) is 71.5. The number of esters is 2. The fraction of sp³-hybridized carbons (Fsp3) is 0.800. The van der Waals surface area contributed by atoms with Gasteiger partial charge in [0.2, 0.25) is 0 Å². The molecular formula is C40H68O15. The summed E-state index contributed by atoms with van der Waals surface area (Å²) in [7, 11) is 0. The molecule has 0 aromatic carbocycles. The third kappa shape index (κ3) is 19.1. The summed E-state index contributed by atoms with van der Waals surface area (Å²) in [5.41, 5.74) is 0. The molecular weight excluding hydrogens is 720 g/mol. The zero-order chi connectivity index (χ0) is 40.4. The third-order valence-electron chi connectivity index (χ3n) is 9.51. The second-order valence-electron chi connectivity index (χ2n) is 14.2. The van der Waals surface area contributed by atoms with E-state index in [1.54, 1.807) is 0 Å². The number of aliphatic hydroxyl groups is 7. The lowest BCUT2D eigenvalue weighted by Crippen LogP contribution is -2.61. The Bertz CT molecular complexity index is 1100. The predicted molar refractivity (Wildman–Crippen MR) is 201 cm³/mol. The molecule has 11 atom stereocenters.